The van der Waals surface area contributed by atoms with Crippen molar-refractivity contribution in [3.63, 3.8) is 0 Å². The molecule has 0 saturated heterocycles. The van der Waals surface area contributed by atoms with Crippen LogP contribution < -0.4 is 5.73 Å². The number of rotatable bonds is 8. The summed E-state index contributed by atoms with van der Waals surface area (Å²) in [5.41, 5.74) is 5.65. The molecular weight excluding hydrogens is 198 g/mol. The molecule has 0 amide bonds. The Bertz CT molecular complexity index is 204. The Kier molecular flexibility index (Phi) is 8.23. The van der Waals surface area contributed by atoms with Crippen LogP contribution in [-0.4, -0.2) is 30.1 Å². The summed E-state index contributed by atoms with van der Waals surface area (Å²) >= 11 is 0. The largest absolute Gasteiger partial charge is 0.316 e. The van der Waals surface area contributed by atoms with Crippen LogP contribution >= 0.6 is 0 Å². The molecule has 1 unspecified atom stereocenters. The first-order valence-electron chi connectivity index (χ1n) is 6.44. The van der Waals surface area contributed by atoms with Crippen LogP contribution in [0.4, 0.5) is 0 Å². The Morgan fingerprint density at radius 2 is 1.81 bits per heavy atom. The van der Waals surface area contributed by atoms with Crippen LogP contribution in [0.3, 0.4) is 0 Å². The summed E-state index contributed by atoms with van der Waals surface area (Å²) in [5, 5.41) is 8.69. The zero-order valence-electron chi connectivity index (χ0n) is 11.2. The average Bonchev–Trinajstić information content (AvgIpc) is 2.26. The summed E-state index contributed by atoms with van der Waals surface area (Å²) in [6.07, 6.45) is 3.12. The fourth-order valence-corrected chi connectivity index (χ4v) is 2.07. The summed E-state index contributed by atoms with van der Waals surface area (Å²) in [6.45, 7) is 11.0. The minimum absolute atomic E-state index is 0.316. The molecule has 0 aromatic carbocycles. The molecule has 0 saturated carbocycles. The van der Waals surface area contributed by atoms with Gasteiger partial charge in [0, 0.05) is 19.1 Å². The van der Waals surface area contributed by atoms with Gasteiger partial charge in [-0.15, -0.1) is 0 Å². The summed E-state index contributed by atoms with van der Waals surface area (Å²) in [5.74, 6) is 0.666. The molecule has 0 aromatic heterocycles. The molecule has 0 aliphatic carbocycles. The minimum Gasteiger partial charge on any atom is -0.316 e. The van der Waals surface area contributed by atoms with Crippen LogP contribution in [0.25, 0.3) is 0 Å². The smallest absolute Gasteiger partial charge is 0.0940 e. The van der Waals surface area contributed by atoms with Crippen molar-refractivity contribution < 1.29 is 0 Å². The Labute approximate surface area is 101 Å². The lowest BCUT2D eigenvalue weighted by Crippen LogP contribution is -2.39. The van der Waals surface area contributed by atoms with Gasteiger partial charge in [-0.05, 0) is 25.2 Å². The van der Waals surface area contributed by atoms with E-state index in [1.807, 2.05) is 0 Å². The molecule has 0 heterocycles. The zero-order chi connectivity index (χ0) is 12.6. The molecule has 0 fully saturated rings. The van der Waals surface area contributed by atoms with Gasteiger partial charge in [0.2, 0.25) is 0 Å². The van der Waals surface area contributed by atoms with E-state index in [9.17, 15) is 0 Å². The van der Waals surface area contributed by atoms with E-state index in [1.54, 1.807) is 0 Å². The maximum atomic E-state index is 8.69. The standard InChI is InChI=1S/C13H27N3/c1-5-13(6-2)16(10-11(3)4)8-7-12(15)9-14/h11-13H,5-8,10,15H2,1-4H3. The Morgan fingerprint density at radius 3 is 2.19 bits per heavy atom. The first-order valence-corrected chi connectivity index (χ1v) is 6.44. The second-order valence-corrected chi connectivity index (χ2v) is 4.88. The third-order valence-corrected chi connectivity index (χ3v) is 2.95. The Hall–Kier alpha value is -0.590. The van der Waals surface area contributed by atoms with E-state index in [1.165, 1.54) is 12.8 Å². The Balaban J connectivity index is 4.25. The third-order valence-electron chi connectivity index (χ3n) is 2.95. The van der Waals surface area contributed by atoms with Gasteiger partial charge in [-0.25, -0.2) is 0 Å². The number of nitriles is 1. The van der Waals surface area contributed by atoms with E-state index in [4.69, 9.17) is 11.0 Å². The van der Waals surface area contributed by atoms with E-state index in [0.29, 0.717) is 12.0 Å². The van der Waals surface area contributed by atoms with Crippen molar-refractivity contribution in [1.29, 1.82) is 5.26 Å². The molecule has 1 atom stereocenters. The number of hydrogen-bond donors (Lipinski definition) is 1. The molecular formula is C13H27N3. The van der Waals surface area contributed by atoms with Crippen LogP contribution in [0.5, 0.6) is 0 Å². The van der Waals surface area contributed by atoms with E-state index in [-0.39, 0.29) is 6.04 Å². The van der Waals surface area contributed by atoms with E-state index in [2.05, 4.69) is 38.7 Å². The molecule has 0 radical (unpaired) electrons. The molecule has 2 N–H and O–H groups in total. The van der Waals surface area contributed by atoms with Gasteiger partial charge in [-0.3, -0.25) is 0 Å². The highest BCUT2D eigenvalue weighted by Gasteiger charge is 2.16. The first-order chi connectivity index (χ1) is 7.54. The van der Waals surface area contributed by atoms with Crippen molar-refractivity contribution in [2.24, 2.45) is 11.7 Å². The number of nitrogens with two attached hydrogens (primary N) is 1. The highest BCUT2D eigenvalue weighted by molar-refractivity contribution is 4.87. The van der Waals surface area contributed by atoms with Crippen LogP contribution in [0.1, 0.15) is 47.0 Å². The van der Waals surface area contributed by atoms with Gasteiger partial charge in [0.1, 0.15) is 0 Å². The van der Waals surface area contributed by atoms with Crippen LogP contribution in [0.15, 0.2) is 0 Å². The zero-order valence-corrected chi connectivity index (χ0v) is 11.2. The van der Waals surface area contributed by atoms with Gasteiger partial charge in [0.05, 0.1) is 12.1 Å². The highest BCUT2D eigenvalue weighted by Crippen LogP contribution is 2.12. The molecule has 16 heavy (non-hydrogen) atoms. The van der Waals surface area contributed by atoms with Crippen molar-refractivity contribution in [1.82, 2.24) is 4.90 Å². The summed E-state index contributed by atoms with van der Waals surface area (Å²) in [7, 11) is 0. The highest BCUT2D eigenvalue weighted by atomic mass is 15.2. The predicted molar refractivity (Wildman–Crippen MR) is 69.0 cm³/mol. The van der Waals surface area contributed by atoms with Crippen molar-refractivity contribution in [2.45, 2.75) is 59.0 Å². The topological polar surface area (TPSA) is 53.0 Å². The normalized spacial score (nSPS) is 13.4. The number of hydrogen-bond acceptors (Lipinski definition) is 3. The first kappa shape index (κ1) is 15.4. The van der Waals surface area contributed by atoms with Crippen molar-refractivity contribution in [3.8, 4) is 6.07 Å². The molecule has 0 aliphatic heterocycles. The van der Waals surface area contributed by atoms with Crippen LogP contribution in [0.2, 0.25) is 0 Å². The van der Waals surface area contributed by atoms with E-state index < -0.39 is 0 Å². The summed E-state index contributed by atoms with van der Waals surface area (Å²) < 4.78 is 0. The predicted octanol–water partition coefficient (Wildman–Crippen LogP) is 2.37. The third kappa shape index (κ3) is 6.09. The van der Waals surface area contributed by atoms with Gasteiger partial charge >= 0.3 is 0 Å². The van der Waals surface area contributed by atoms with Gasteiger partial charge in [-0.1, -0.05) is 27.7 Å². The lowest BCUT2D eigenvalue weighted by Gasteiger charge is -2.32. The summed E-state index contributed by atoms with van der Waals surface area (Å²) in [4.78, 5) is 2.49. The maximum Gasteiger partial charge on any atom is 0.0940 e. The molecule has 0 aromatic rings. The molecule has 0 spiro atoms. The average molecular weight is 225 g/mol. The molecule has 0 bridgehead atoms. The van der Waals surface area contributed by atoms with Crippen LogP contribution in [-0.2, 0) is 0 Å². The van der Waals surface area contributed by atoms with E-state index >= 15 is 0 Å². The van der Waals surface area contributed by atoms with Crippen molar-refractivity contribution in [2.75, 3.05) is 13.1 Å². The van der Waals surface area contributed by atoms with Crippen LogP contribution in [0, 0.1) is 17.2 Å². The Morgan fingerprint density at radius 1 is 1.25 bits per heavy atom. The van der Waals surface area contributed by atoms with Gasteiger partial charge in [0.15, 0.2) is 0 Å². The van der Waals surface area contributed by atoms with E-state index in [0.717, 1.165) is 19.5 Å². The SMILES string of the molecule is CCC(CC)N(CCC(N)C#N)CC(C)C. The quantitative estimate of drug-likeness (QED) is 0.690. The molecule has 3 nitrogen and oxygen atoms in total. The van der Waals surface area contributed by atoms with Gasteiger partial charge < -0.3 is 10.6 Å². The molecule has 3 heteroatoms. The number of nitrogens with zero attached hydrogens (tertiary/aromatic N) is 2. The maximum absolute atomic E-state index is 8.69. The molecule has 0 rings (SSSR count). The fraction of sp³-hybridized carbons (Fsp3) is 0.923. The van der Waals surface area contributed by atoms with Gasteiger partial charge in [-0.2, -0.15) is 5.26 Å². The molecule has 0 aliphatic rings. The van der Waals surface area contributed by atoms with Crippen molar-refractivity contribution >= 4 is 0 Å². The van der Waals surface area contributed by atoms with Crippen molar-refractivity contribution in [3.05, 3.63) is 0 Å². The summed E-state index contributed by atoms with van der Waals surface area (Å²) in [6, 6.07) is 2.42. The second kappa shape index (κ2) is 8.55. The lowest BCUT2D eigenvalue weighted by atomic mass is 10.1. The monoisotopic (exact) mass is 225 g/mol. The minimum atomic E-state index is -0.316. The van der Waals surface area contributed by atoms with Gasteiger partial charge in [0.25, 0.3) is 0 Å². The fourth-order valence-electron chi connectivity index (χ4n) is 2.07. The molecule has 94 valence electrons. The second-order valence-electron chi connectivity index (χ2n) is 4.88. The lowest BCUT2D eigenvalue weighted by molar-refractivity contribution is 0.162.